The van der Waals surface area contributed by atoms with E-state index in [4.69, 9.17) is 9.84 Å². The molecule has 2 aromatic rings. The summed E-state index contributed by atoms with van der Waals surface area (Å²) in [6.07, 6.45) is -3.35. The molecule has 0 bridgehead atoms. The maximum atomic E-state index is 12.4. The number of carbonyl (C=O) groups is 2. The number of benzene rings is 1. The van der Waals surface area contributed by atoms with Crippen LogP contribution in [-0.2, 0) is 14.3 Å². The molecule has 8 nitrogen and oxygen atoms in total. The molecule has 1 amide bonds. The standard InChI is InChI=1S/C15H14N2O6/c18-11-4-1-8-7-9(2-3-10(8)16-11)17-5-6-23-13(14(17)20)12(19)15(21)22/h1-4,7,12-13,19H,5-6H2,(H,16,18)(H,21,22)/t12?,13-/m1/s1. The topological polar surface area (TPSA) is 120 Å². The van der Waals surface area contributed by atoms with E-state index in [2.05, 4.69) is 4.98 Å². The van der Waals surface area contributed by atoms with Gasteiger partial charge >= 0.3 is 5.97 Å². The number of H-pyrrole nitrogens is 1. The molecule has 1 fully saturated rings. The Labute approximate surface area is 129 Å². The molecule has 0 aliphatic carbocycles. The molecule has 0 radical (unpaired) electrons. The summed E-state index contributed by atoms with van der Waals surface area (Å²) in [6.45, 7) is 0.362. The van der Waals surface area contributed by atoms with Gasteiger partial charge in [-0.05, 0) is 24.3 Å². The molecule has 1 unspecified atom stereocenters. The summed E-state index contributed by atoms with van der Waals surface area (Å²) in [7, 11) is 0. The van der Waals surface area contributed by atoms with Crippen LogP contribution in [0.5, 0.6) is 0 Å². The highest BCUT2D eigenvalue weighted by Gasteiger charge is 2.39. The number of nitrogens with zero attached hydrogens (tertiary/aromatic N) is 1. The molecule has 1 aromatic heterocycles. The first kappa shape index (κ1) is 15.2. The number of hydrogen-bond donors (Lipinski definition) is 3. The van der Waals surface area contributed by atoms with Crippen molar-refractivity contribution in [1.82, 2.24) is 4.98 Å². The molecular weight excluding hydrogens is 304 g/mol. The lowest BCUT2D eigenvalue weighted by Crippen LogP contribution is -2.54. The third kappa shape index (κ3) is 2.81. The summed E-state index contributed by atoms with van der Waals surface area (Å²) in [5.74, 6) is -2.13. The van der Waals surface area contributed by atoms with Gasteiger partial charge < -0.3 is 24.8 Å². The van der Waals surface area contributed by atoms with Crippen molar-refractivity contribution in [2.45, 2.75) is 12.2 Å². The molecule has 3 rings (SSSR count). The summed E-state index contributed by atoms with van der Waals surface area (Å²) in [4.78, 5) is 38.6. The lowest BCUT2D eigenvalue weighted by atomic mass is 10.1. The van der Waals surface area contributed by atoms with Crippen molar-refractivity contribution < 1.29 is 24.5 Å². The second-order valence-electron chi connectivity index (χ2n) is 5.16. The first-order chi connectivity index (χ1) is 11.0. The van der Waals surface area contributed by atoms with E-state index < -0.39 is 24.1 Å². The SMILES string of the molecule is O=C(O)C(O)[C@H]1OCCN(c2ccc3[nH]c(=O)ccc3c2)C1=O. The van der Waals surface area contributed by atoms with Crippen molar-refractivity contribution in [3.05, 3.63) is 40.7 Å². The van der Waals surface area contributed by atoms with Gasteiger partial charge in [0.1, 0.15) is 0 Å². The van der Waals surface area contributed by atoms with Gasteiger partial charge in [0.2, 0.25) is 5.56 Å². The van der Waals surface area contributed by atoms with Gasteiger partial charge in [0.15, 0.2) is 12.2 Å². The minimum absolute atomic E-state index is 0.115. The van der Waals surface area contributed by atoms with E-state index in [1.54, 1.807) is 24.3 Å². The fourth-order valence-corrected chi connectivity index (χ4v) is 2.53. The van der Waals surface area contributed by atoms with Gasteiger partial charge in [0.25, 0.3) is 5.91 Å². The van der Waals surface area contributed by atoms with Gasteiger partial charge in [-0.3, -0.25) is 9.59 Å². The molecule has 23 heavy (non-hydrogen) atoms. The first-order valence-corrected chi connectivity index (χ1v) is 6.94. The number of nitrogens with one attached hydrogen (secondary N) is 1. The number of aliphatic carboxylic acids is 1. The number of aromatic nitrogens is 1. The Bertz CT molecular complexity index is 830. The van der Waals surface area contributed by atoms with Crippen molar-refractivity contribution in [2.24, 2.45) is 0 Å². The zero-order valence-electron chi connectivity index (χ0n) is 11.9. The Morgan fingerprint density at radius 3 is 2.83 bits per heavy atom. The van der Waals surface area contributed by atoms with E-state index in [0.29, 0.717) is 11.2 Å². The third-order valence-corrected chi connectivity index (χ3v) is 3.68. The zero-order chi connectivity index (χ0) is 16.6. The fraction of sp³-hybridized carbons (Fsp3) is 0.267. The number of aliphatic hydroxyl groups is 1. The van der Waals surface area contributed by atoms with Crippen LogP contribution in [0.25, 0.3) is 10.9 Å². The summed E-state index contributed by atoms with van der Waals surface area (Å²) in [5, 5.41) is 19.2. The van der Waals surface area contributed by atoms with E-state index in [0.717, 1.165) is 5.39 Å². The lowest BCUT2D eigenvalue weighted by molar-refractivity contribution is -0.163. The van der Waals surface area contributed by atoms with Crippen LogP contribution >= 0.6 is 0 Å². The first-order valence-electron chi connectivity index (χ1n) is 6.94. The van der Waals surface area contributed by atoms with Gasteiger partial charge in [-0.1, -0.05) is 0 Å². The van der Waals surface area contributed by atoms with Crippen molar-refractivity contribution in [3.63, 3.8) is 0 Å². The molecule has 2 atom stereocenters. The minimum Gasteiger partial charge on any atom is -0.479 e. The van der Waals surface area contributed by atoms with Crippen molar-refractivity contribution in [3.8, 4) is 0 Å². The monoisotopic (exact) mass is 318 g/mol. The molecule has 1 aliphatic heterocycles. The summed E-state index contributed by atoms with van der Waals surface area (Å²) in [6, 6.07) is 8.03. The van der Waals surface area contributed by atoms with Crippen LogP contribution in [-0.4, -0.2) is 52.4 Å². The number of carboxylic acid groups (broad SMARTS) is 1. The Balaban J connectivity index is 1.94. The van der Waals surface area contributed by atoms with Crippen molar-refractivity contribution in [2.75, 3.05) is 18.1 Å². The number of pyridine rings is 1. The Morgan fingerprint density at radius 2 is 2.09 bits per heavy atom. The van der Waals surface area contributed by atoms with Crippen LogP contribution < -0.4 is 10.5 Å². The third-order valence-electron chi connectivity index (χ3n) is 3.68. The number of morpholine rings is 1. The van der Waals surface area contributed by atoms with Crippen LogP contribution in [0, 0.1) is 0 Å². The second-order valence-corrected chi connectivity index (χ2v) is 5.16. The average Bonchev–Trinajstić information content (AvgIpc) is 2.54. The quantitative estimate of drug-likeness (QED) is 0.715. The van der Waals surface area contributed by atoms with Crippen LogP contribution in [0.4, 0.5) is 5.69 Å². The Morgan fingerprint density at radius 1 is 1.30 bits per heavy atom. The largest absolute Gasteiger partial charge is 0.479 e. The number of amides is 1. The summed E-state index contributed by atoms with van der Waals surface area (Å²) in [5.41, 5.74) is 0.946. The van der Waals surface area contributed by atoms with Crippen LogP contribution in [0.3, 0.4) is 0 Å². The molecule has 0 saturated carbocycles. The predicted octanol–water partition coefficient (Wildman–Crippen LogP) is -0.295. The maximum absolute atomic E-state index is 12.4. The molecule has 120 valence electrons. The Hall–Kier alpha value is -2.71. The number of anilines is 1. The van der Waals surface area contributed by atoms with E-state index >= 15 is 0 Å². The average molecular weight is 318 g/mol. The fourth-order valence-electron chi connectivity index (χ4n) is 2.53. The molecule has 0 spiro atoms. The highest BCUT2D eigenvalue weighted by Crippen LogP contribution is 2.24. The number of fused-ring (bicyclic) bond motifs is 1. The predicted molar refractivity (Wildman–Crippen MR) is 80.3 cm³/mol. The number of carbonyl (C=O) groups excluding carboxylic acids is 1. The van der Waals surface area contributed by atoms with Gasteiger partial charge in [0, 0.05) is 29.2 Å². The van der Waals surface area contributed by atoms with Crippen LogP contribution in [0.1, 0.15) is 0 Å². The number of hydrogen-bond acceptors (Lipinski definition) is 5. The zero-order valence-corrected chi connectivity index (χ0v) is 11.9. The van der Waals surface area contributed by atoms with Crippen molar-refractivity contribution >= 4 is 28.5 Å². The molecule has 1 saturated heterocycles. The highest BCUT2D eigenvalue weighted by molar-refractivity contribution is 6.01. The van der Waals surface area contributed by atoms with Crippen molar-refractivity contribution in [1.29, 1.82) is 0 Å². The molecular formula is C15H14N2O6. The molecule has 1 aromatic carbocycles. The lowest BCUT2D eigenvalue weighted by Gasteiger charge is -2.33. The molecule has 8 heteroatoms. The van der Waals surface area contributed by atoms with Gasteiger partial charge in [0.05, 0.1) is 6.61 Å². The Kier molecular flexibility index (Phi) is 3.85. The van der Waals surface area contributed by atoms with E-state index in [1.807, 2.05) is 0 Å². The van der Waals surface area contributed by atoms with E-state index in [9.17, 15) is 19.5 Å². The molecule has 3 N–H and O–H groups in total. The number of carboxylic acids is 1. The van der Waals surface area contributed by atoms with E-state index in [1.165, 1.54) is 11.0 Å². The maximum Gasteiger partial charge on any atom is 0.335 e. The molecule has 1 aliphatic rings. The molecule has 2 heterocycles. The van der Waals surface area contributed by atoms with Crippen LogP contribution in [0.2, 0.25) is 0 Å². The van der Waals surface area contributed by atoms with Gasteiger partial charge in [-0.15, -0.1) is 0 Å². The summed E-state index contributed by atoms with van der Waals surface area (Å²) >= 11 is 0. The smallest absolute Gasteiger partial charge is 0.335 e. The van der Waals surface area contributed by atoms with Crippen LogP contribution in [0.15, 0.2) is 35.1 Å². The number of aromatic amines is 1. The normalized spacial score (nSPS) is 19.8. The second kappa shape index (κ2) is 5.82. The minimum atomic E-state index is -1.91. The van der Waals surface area contributed by atoms with Gasteiger partial charge in [-0.2, -0.15) is 0 Å². The van der Waals surface area contributed by atoms with Gasteiger partial charge in [-0.25, -0.2) is 4.79 Å². The highest BCUT2D eigenvalue weighted by atomic mass is 16.5. The van der Waals surface area contributed by atoms with E-state index in [-0.39, 0.29) is 18.7 Å². The number of ether oxygens (including phenoxy) is 1. The number of rotatable bonds is 3. The number of aliphatic hydroxyl groups excluding tert-OH is 1. The summed E-state index contributed by atoms with van der Waals surface area (Å²) < 4.78 is 5.10.